The molecular weight excluding hydrogens is 508 g/mol. The SMILES string of the molecule is OC[C@H]1OC(n2cnc3c(NCC4c5ccccc5-c5ccccc54)nc(Nc4ccccc4)nc32)[C@H](O)[C@@H]1O. The largest absolute Gasteiger partial charge is 0.394 e. The Morgan fingerprint density at radius 1 is 0.825 bits per heavy atom. The van der Waals surface area contributed by atoms with Crippen molar-refractivity contribution in [2.45, 2.75) is 30.5 Å². The van der Waals surface area contributed by atoms with Crippen LogP contribution in [0.3, 0.4) is 0 Å². The van der Waals surface area contributed by atoms with Crippen molar-refractivity contribution in [2.24, 2.45) is 0 Å². The summed E-state index contributed by atoms with van der Waals surface area (Å²) in [6.45, 7) is 0.153. The fourth-order valence-corrected chi connectivity index (χ4v) is 5.72. The van der Waals surface area contributed by atoms with Crippen LogP contribution in [0.25, 0.3) is 22.3 Å². The maximum Gasteiger partial charge on any atom is 0.231 e. The van der Waals surface area contributed by atoms with E-state index in [0.717, 1.165) is 5.69 Å². The van der Waals surface area contributed by atoms with Crippen molar-refractivity contribution in [3.63, 3.8) is 0 Å². The highest BCUT2D eigenvalue weighted by Gasteiger charge is 2.44. The minimum Gasteiger partial charge on any atom is -0.394 e. The first-order valence-electron chi connectivity index (χ1n) is 13.2. The third-order valence-corrected chi connectivity index (χ3v) is 7.68. The van der Waals surface area contributed by atoms with Crippen molar-refractivity contribution >= 4 is 28.6 Å². The normalized spacial score (nSPS) is 21.9. The van der Waals surface area contributed by atoms with Gasteiger partial charge < -0.3 is 30.7 Å². The summed E-state index contributed by atoms with van der Waals surface area (Å²) in [6, 6.07) is 26.5. The summed E-state index contributed by atoms with van der Waals surface area (Å²) in [5.41, 5.74) is 6.69. The summed E-state index contributed by atoms with van der Waals surface area (Å²) < 4.78 is 7.35. The van der Waals surface area contributed by atoms with Gasteiger partial charge in [-0.1, -0.05) is 66.7 Å². The van der Waals surface area contributed by atoms with Crippen LogP contribution >= 0.6 is 0 Å². The van der Waals surface area contributed by atoms with Gasteiger partial charge in [-0.2, -0.15) is 9.97 Å². The van der Waals surface area contributed by atoms with Crippen LogP contribution in [0.1, 0.15) is 23.3 Å². The minimum absolute atomic E-state index is 0.116. The second-order valence-corrected chi connectivity index (χ2v) is 10.0. The number of anilines is 3. The van der Waals surface area contributed by atoms with Crippen molar-refractivity contribution in [3.05, 3.63) is 96.3 Å². The van der Waals surface area contributed by atoms with Crippen LogP contribution in [0, 0.1) is 0 Å². The number of rotatable bonds is 7. The quantitative estimate of drug-likeness (QED) is 0.212. The van der Waals surface area contributed by atoms with E-state index in [2.05, 4.69) is 64.1 Å². The summed E-state index contributed by atoms with van der Waals surface area (Å²) >= 11 is 0. The lowest BCUT2D eigenvalue weighted by atomic mass is 9.97. The Morgan fingerprint density at radius 3 is 2.17 bits per heavy atom. The number of aliphatic hydroxyl groups excluding tert-OH is 3. The summed E-state index contributed by atoms with van der Waals surface area (Å²) in [6.07, 6.45) is -2.88. The molecular formula is C30H28N6O4. The Balaban J connectivity index is 1.27. The smallest absolute Gasteiger partial charge is 0.231 e. The van der Waals surface area contributed by atoms with E-state index >= 15 is 0 Å². The highest BCUT2D eigenvalue weighted by atomic mass is 16.6. The van der Waals surface area contributed by atoms with Gasteiger partial charge >= 0.3 is 0 Å². The molecule has 5 aromatic rings. The van der Waals surface area contributed by atoms with Crippen LogP contribution in [0.5, 0.6) is 0 Å². The topological polar surface area (TPSA) is 138 Å². The molecule has 1 fully saturated rings. The first-order chi connectivity index (χ1) is 19.6. The Kier molecular flexibility index (Phi) is 6.17. The molecule has 4 atom stereocenters. The molecule has 0 bridgehead atoms. The Morgan fingerprint density at radius 2 is 1.50 bits per heavy atom. The molecule has 1 saturated heterocycles. The molecule has 40 heavy (non-hydrogen) atoms. The molecule has 3 heterocycles. The van der Waals surface area contributed by atoms with Crippen molar-refractivity contribution < 1.29 is 20.1 Å². The van der Waals surface area contributed by atoms with Crippen LogP contribution in [0.4, 0.5) is 17.5 Å². The van der Waals surface area contributed by atoms with E-state index in [9.17, 15) is 15.3 Å². The van der Waals surface area contributed by atoms with Gasteiger partial charge in [0, 0.05) is 18.2 Å². The minimum atomic E-state index is -1.27. The maximum atomic E-state index is 10.7. The third-order valence-electron chi connectivity index (χ3n) is 7.68. The molecule has 1 aliphatic heterocycles. The van der Waals surface area contributed by atoms with E-state index in [-0.39, 0.29) is 5.92 Å². The van der Waals surface area contributed by atoms with Gasteiger partial charge in [0.25, 0.3) is 0 Å². The number of hydrogen-bond donors (Lipinski definition) is 5. The molecule has 0 saturated carbocycles. The summed E-state index contributed by atoms with van der Waals surface area (Å²) in [5, 5.41) is 37.4. The Hall–Kier alpha value is -4.35. The van der Waals surface area contributed by atoms with E-state index in [1.165, 1.54) is 28.6 Å². The molecule has 10 heteroatoms. The fourth-order valence-electron chi connectivity index (χ4n) is 5.72. The van der Waals surface area contributed by atoms with E-state index in [4.69, 9.17) is 14.7 Å². The molecule has 0 spiro atoms. The van der Waals surface area contributed by atoms with E-state index in [1.54, 1.807) is 4.57 Å². The molecule has 5 N–H and O–H groups in total. The average molecular weight is 537 g/mol. The van der Waals surface area contributed by atoms with E-state index < -0.39 is 31.1 Å². The highest BCUT2D eigenvalue weighted by molar-refractivity contribution is 5.85. The molecule has 7 rings (SSSR count). The monoisotopic (exact) mass is 536 g/mol. The van der Waals surface area contributed by atoms with Crippen molar-refractivity contribution in [1.82, 2.24) is 19.5 Å². The van der Waals surface area contributed by atoms with E-state index in [1.807, 2.05) is 30.3 Å². The summed E-state index contributed by atoms with van der Waals surface area (Å²) in [4.78, 5) is 14.0. The van der Waals surface area contributed by atoms with Crippen molar-refractivity contribution in [1.29, 1.82) is 0 Å². The Bertz CT molecular complexity index is 1630. The predicted molar refractivity (Wildman–Crippen MR) is 150 cm³/mol. The van der Waals surface area contributed by atoms with Crippen molar-refractivity contribution in [2.75, 3.05) is 23.8 Å². The van der Waals surface area contributed by atoms with Gasteiger partial charge in [-0.05, 0) is 34.4 Å². The summed E-state index contributed by atoms with van der Waals surface area (Å²) in [7, 11) is 0. The van der Waals surface area contributed by atoms with Crippen molar-refractivity contribution in [3.8, 4) is 11.1 Å². The second-order valence-electron chi connectivity index (χ2n) is 10.0. The number of nitrogens with zero attached hydrogens (tertiary/aromatic N) is 4. The first kappa shape index (κ1) is 24.7. The van der Waals surface area contributed by atoms with Gasteiger partial charge in [-0.15, -0.1) is 0 Å². The fraction of sp³-hybridized carbons (Fsp3) is 0.233. The maximum absolute atomic E-state index is 10.7. The molecule has 10 nitrogen and oxygen atoms in total. The number of para-hydroxylation sites is 1. The number of imidazole rings is 1. The lowest BCUT2D eigenvalue weighted by Gasteiger charge is -2.18. The molecule has 0 amide bonds. The van der Waals surface area contributed by atoms with Gasteiger partial charge in [0.15, 0.2) is 23.2 Å². The van der Waals surface area contributed by atoms with Crippen LogP contribution in [0.2, 0.25) is 0 Å². The molecule has 202 valence electrons. The van der Waals surface area contributed by atoms with Crippen LogP contribution < -0.4 is 10.6 Å². The predicted octanol–water partition coefficient (Wildman–Crippen LogP) is 3.41. The molecule has 1 unspecified atom stereocenters. The Labute approximate surface area is 230 Å². The van der Waals surface area contributed by atoms with Crippen LogP contribution in [-0.4, -0.2) is 66.3 Å². The lowest BCUT2D eigenvalue weighted by Crippen LogP contribution is -2.33. The van der Waals surface area contributed by atoms with Gasteiger partial charge in [-0.3, -0.25) is 4.57 Å². The van der Waals surface area contributed by atoms with Gasteiger partial charge in [0.1, 0.15) is 18.3 Å². The average Bonchev–Trinajstić information content (AvgIpc) is 3.64. The van der Waals surface area contributed by atoms with Gasteiger partial charge in [0.2, 0.25) is 5.95 Å². The molecule has 3 aromatic carbocycles. The molecule has 0 radical (unpaired) electrons. The molecule has 2 aromatic heterocycles. The molecule has 1 aliphatic carbocycles. The number of aromatic nitrogens is 4. The van der Waals surface area contributed by atoms with E-state index in [0.29, 0.717) is 29.5 Å². The van der Waals surface area contributed by atoms with Gasteiger partial charge in [-0.25, -0.2) is 4.98 Å². The lowest BCUT2D eigenvalue weighted by molar-refractivity contribution is -0.0511. The first-order valence-corrected chi connectivity index (χ1v) is 13.2. The number of benzene rings is 3. The van der Waals surface area contributed by atoms with Crippen LogP contribution in [0.15, 0.2) is 85.2 Å². The third kappa shape index (κ3) is 4.09. The number of ether oxygens (including phenoxy) is 1. The zero-order valence-electron chi connectivity index (χ0n) is 21.4. The number of fused-ring (bicyclic) bond motifs is 4. The zero-order valence-corrected chi connectivity index (χ0v) is 21.4. The second kappa shape index (κ2) is 10.00. The highest BCUT2D eigenvalue weighted by Crippen LogP contribution is 2.44. The zero-order chi connectivity index (χ0) is 27.2. The molecule has 2 aliphatic rings. The number of hydrogen-bond acceptors (Lipinski definition) is 9. The number of nitrogens with one attached hydrogen (secondary N) is 2. The summed E-state index contributed by atoms with van der Waals surface area (Å²) in [5.74, 6) is 0.975. The standard InChI is InChI=1S/C30H28N6O4/c37-15-23-25(38)26(39)29(40-23)36-16-32-24-27(34-30(35-28(24)36)33-17-8-2-1-3-9-17)31-14-22-20-12-6-4-10-18(20)19-11-5-7-13-21(19)22/h1-13,16,22-23,25-26,29,37-39H,14-15H2,(H2,31,33,34,35)/t23-,25-,26-,29?/m1/s1. The van der Waals surface area contributed by atoms with Crippen LogP contribution in [-0.2, 0) is 4.74 Å². The number of aliphatic hydroxyl groups is 3. The van der Waals surface area contributed by atoms with Gasteiger partial charge in [0.05, 0.1) is 12.9 Å².